The van der Waals surface area contributed by atoms with Crippen molar-refractivity contribution >= 4 is 23.4 Å². The van der Waals surface area contributed by atoms with Crippen LogP contribution in [0.2, 0.25) is 5.02 Å². The highest BCUT2D eigenvalue weighted by molar-refractivity contribution is 6.30. The third kappa shape index (κ3) is 4.26. The fourth-order valence-electron chi connectivity index (χ4n) is 2.16. The Hall–Kier alpha value is -2.53. The van der Waals surface area contributed by atoms with Crippen LogP contribution >= 0.6 is 11.6 Å². The van der Waals surface area contributed by atoms with Gasteiger partial charge in [-0.15, -0.1) is 0 Å². The summed E-state index contributed by atoms with van der Waals surface area (Å²) in [6, 6.07) is 14.2. The van der Waals surface area contributed by atoms with Crippen molar-refractivity contribution in [1.82, 2.24) is 10.9 Å². The molecule has 2 aromatic carbocycles. The number of hydrogen-bond acceptors (Lipinski definition) is 3. The number of carbonyl (C=O) groups excluding carboxylic acids is 2. The fourth-order valence-corrected chi connectivity index (χ4v) is 2.28. The van der Waals surface area contributed by atoms with Crippen LogP contribution < -0.4 is 15.6 Å². The number of benzene rings is 2. The molecular formula is C18H17ClN2O3. The molecule has 1 aliphatic rings. The minimum atomic E-state index is -0.407. The lowest BCUT2D eigenvalue weighted by Crippen LogP contribution is -2.42. The first-order chi connectivity index (χ1) is 11.6. The Balaban J connectivity index is 1.62. The van der Waals surface area contributed by atoms with Crippen LogP contribution in [0.4, 0.5) is 0 Å². The molecule has 0 radical (unpaired) electrons. The molecule has 1 fully saturated rings. The zero-order chi connectivity index (χ0) is 16.9. The van der Waals surface area contributed by atoms with Gasteiger partial charge in [-0.1, -0.05) is 35.9 Å². The monoisotopic (exact) mass is 344 g/mol. The zero-order valence-electron chi connectivity index (χ0n) is 12.9. The van der Waals surface area contributed by atoms with Crippen LogP contribution in [0.15, 0.2) is 48.5 Å². The normalized spacial score (nSPS) is 13.2. The fraction of sp³-hybridized carbons (Fsp3) is 0.222. The van der Waals surface area contributed by atoms with Gasteiger partial charge in [-0.25, -0.2) is 0 Å². The number of halogens is 1. The Morgan fingerprint density at radius 3 is 2.46 bits per heavy atom. The molecule has 0 spiro atoms. The number of nitrogens with one attached hydrogen (secondary N) is 2. The van der Waals surface area contributed by atoms with Gasteiger partial charge in [0.25, 0.3) is 5.91 Å². The number of hydrazine groups is 1. The van der Waals surface area contributed by atoms with E-state index in [0.717, 1.165) is 18.4 Å². The van der Waals surface area contributed by atoms with Crippen molar-refractivity contribution in [3.8, 4) is 5.75 Å². The molecule has 3 rings (SSSR count). The molecule has 6 heteroatoms. The predicted molar refractivity (Wildman–Crippen MR) is 90.6 cm³/mol. The second-order valence-corrected chi connectivity index (χ2v) is 6.07. The summed E-state index contributed by atoms with van der Waals surface area (Å²) in [5.74, 6) is -0.0778. The summed E-state index contributed by atoms with van der Waals surface area (Å²) >= 11 is 5.85. The number of amides is 2. The summed E-state index contributed by atoms with van der Waals surface area (Å²) in [5.41, 5.74) is 6.18. The van der Waals surface area contributed by atoms with Gasteiger partial charge in [-0.3, -0.25) is 20.4 Å². The summed E-state index contributed by atoms with van der Waals surface area (Å²) in [5, 5.41) is 0.657. The summed E-state index contributed by atoms with van der Waals surface area (Å²) in [7, 11) is 0. The Bertz CT molecular complexity index is 742. The maximum absolute atomic E-state index is 12.2. The zero-order valence-corrected chi connectivity index (χ0v) is 13.7. The molecule has 0 aromatic heterocycles. The lowest BCUT2D eigenvalue weighted by atomic mass is 10.2. The Morgan fingerprint density at radius 1 is 1.04 bits per heavy atom. The summed E-state index contributed by atoms with van der Waals surface area (Å²) in [6.45, 7) is 0.315. The first-order valence-electron chi connectivity index (χ1n) is 7.70. The third-order valence-corrected chi connectivity index (χ3v) is 3.94. The molecule has 1 saturated carbocycles. The van der Waals surface area contributed by atoms with Crippen molar-refractivity contribution in [2.24, 2.45) is 5.92 Å². The number of rotatable bonds is 5. The van der Waals surface area contributed by atoms with Crippen LogP contribution in [0, 0.1) is 5.92 Å². The van der Waals surface area contributed by atoms with Crippen LogP contribution in [0.5, 0.6) is 5.75 Å². The molecule has 1 aliphatic carbocycles. The van der Waals surface area contributed by atoms with E-state index < -0.39 is 5.91 Å². The minimum absolute atomic E-state index is 0.0294. The average molecular weight is 345 g/mol. The van der Waals surface area contributed by atoms with Gasteiger partial charge >= 0.3 is 0 Å². The third-order valence-electron chi connectivity index (χ3n) is 3.69. The Labute approximate surface area is 144 Å². The van der Waals surface area contributed by atoms with Crippen molar-refractivity contribution in [3.63, 3.8) is 0 Å². The molecule has 0 atom stereocenters. The maximum atomic E-state index is 12.2. The maximum Gasteiger partial charge on any atom is 0.273 e. The lowest BCUT2D eigenvalue weighted by Gasteiger charge is -2.12. The predicted octanol–water partition coefficient (Wildman–Crippen LogP) is 3.09. The second kappa shape index (κ2) is 7.36. The van der Waals surface area contributed by atoms with E-state index in [9.17, 15) is 9.59 Å². The van der Waals surface area contributed by atoms with E-state index in [1.54, 1.807) is 36.4 Å². The van der Waals surface area contributed by atoms with Crippen LogP contribution in [0.1, 0.15) is 28.8 Å². The lowest BCUT2D eigenvalue weighted by molar-refractivity contribution is -0.123. The van der Waals surface area contributed by atoms with Crippen LogP contribution in [-0.2, 0) is 11.4 Å². The SMILES string of the molecule is O=C(NNC(=O)C1CC1)c1ccccc1OCc1ccc(Cl)cc1. The van der Waals surface area contributed by atoms with Gasteiger partial charge in [0.1, 0.15) is 12.4 Å². The van der Waals surface area contributed by atoms with Crippen LogP contribution in [-0.4, -0.2) is 11.8 Å². The quantitative estimate of drug-likeness (QED) is 0.819. The van der Waals surface area contributed by atoms with E-state index in [1.807, 2.05) is 12.1 Å². The molecule has 0 aliphatic heterocycles. The standard InChI is InChI=1S/C18H17ClN2O3/c19-14-9-5-12(6-10-14)11-24-16-4-2-1-3-15(16)18(23)21-20-17(22)13-7-8-13/h1-6,9-10,13H,7-8,11H2,(H,20,22)(H,21,23). The molecular weight excluding hydrogens is 328 g/mol. The van der Waals surface area contributed by atoms with Crippen LogP contribution in [0.25, 0.3) is 0 Å². The second-order valence-electron chi connectivity index (χ2n) is 5.63. The molecule has 2 amide bonds. The Kier molecular flexibility index (Phi) is 5.01. The number of hydrogen-bond donors (Lipinski definition) is 2. The van der Waals surface area contributed by atoms with Crippen LogP contribution in [0.3, 0.4) is 0 Å². The van der Waals surface area contributed by atoms with Crippen molar-refractivity contribution in [2.75, 3.05) is 0 Å². The highest BCUT2D eigenvalue weighted by atomic mass is 35.5. The van der Waals surface area contributed by atoms with Gasteiger partial charge in [-0.2, -0.15) is 0 Å². The molecule has 0 unspecified atom stereocenters. The first-order valence-corrected chi connectivity index (χ1v) is 8.08. The van der Waals surface area contributed by atoms with Crippen molar-refractivity contribution in [3.05, 3.63) is 64.7 Å². The van der Waals surface area contributed by atoms with Gasteiger partial charge < -0.3 is 4.74 Å². The molecule has 0 heterocycles. The Morgan fingerprint density at radius 2 is 1.75 bits per heavy atom. The van der Waals surface area contributed by atoms with Crippen molar-refractivity contribution in [2.45, 2.75) is 19.4 Å². The van der Waals surface area contributed by atoms with Gasteiger partial charge in [0.2, 0.25) is 5.91 Å². The van der Waals surface area contributed by atoms with E-state index in [-0.39, 0.29) is 11.8 Å². The van der Waals surface area contributed by atoms with E-state index in [0.29, 0.717) is 22.9 Å². The van der Waals surface area contributed by atoms with E-state index in [4.69, 9.17) is 16.3 Å². The smallest absolute Gasteiger partial charge is 0.273 e. The highest BCUT2D eigenvalue weighted by Gasteiger charge is 2.29. The summed E-state index contributed by atoms with van der Waals surface area (Å²) in [4.78, 5) is 23.8. The van der Waals surface area contributed by atoms with Gasteiger partial charge in [-0.05, 0) is 42.7 Å². The average Bonchev–Trinajstić information content (AvgIpc) is 3.44. The van der Waals surface area contributed by atoms with Gasteiger partial charge in [0.05, 0.1) is 5.56 Å². The van der Waals surface area contributed by atoms with Crippen molar-refractivity contribution < 1.29 is 14.3 Å². The highest BCUT2D eigenvalue weighted by Crippen LogP contribution is 2.28. The molecule has 24 heavy (non-hydrogen) atoms. The van der Waals surface area contributed by atoms with Crippen molar-refractivity contribution in [1.29, 1.82) is 0 Å². The molecule has 124 valence electrons. The molecule has 5 nitrogen and oxygen atoms in total. The topological polar surface area (TPSA) is 67.4 Å². The molecule has 2 aromatic rings. The van der Waals surface area contributed by atoms with E-state index in [1.165, 1.54) is 0 Å². The summed E-state index contributed by atoms with van der Waals surface area (Å²) < 4.78 is 5.73. The number of para-hydroxylation sites is 1. The molecule has 2 N–H and O–H groups in total. The number of carbonyl (C=O) groups is 2. The molecule has 0 bridgehead atoms. The first kappa shape index (κ1) is 16.3. The van der Waals surface area contributed by atoms with Gasteiger partial charge in [0, 0.05) is 10.9 Å². The number of ether oxygens (including phenoxy) is 1. The minimum Gasteiger partial charge on any atom is -0.488 e. The van der Waals surface area contributed by atoms with E-state index >= 15 is 0 Å². The molecule has 0 saturated heterocycles. The van der Waals surface area contributed by atoms with E-state index in [2.05, 4.69) is 10.9 Å². The largest absolute Gasteiger partial charge is 0.488 e. The van der Waals surface area contributed by atoms with Gasteiger partial charge in [0.15, 0.2) is 0 Å². The summed E-state index contributed by atoms with van der Waals surface area (Å²) in [6.07, 6.45) is 1.75.